The average molecular weight is 1020 g/mol. The third-order valence-electron chi connectivity index (χ3n) is 17.1. The highest BCUT2D eigenvalue weighted by Gasteiger charge is 2.30. The van der Waals surface area contributed by atoms with Gasteiger partial charge in [0.05, 0.1) is 61.2 Å². The van der Waals surface area contributed by atoms with E-state index in [4.69, 9.17) is 9.97 Å². The number of fused-ring (bicyclic) bond motifs is 15. The molecule has 5 aromatic heterocycles. The van der Waals surface area contributed by atoms with Gasteiger partial charge in [0.2, 0.25) is 0 Å². The van der Waals surface area contributed by atoms with Gasteiger partial charge in [-0.3, -0.25) is 0 Å². The Labute approximate surface area is 458 Å². The fourth-order valence-corrected chi connectivity index (χ4v) is 13.7. The van der Waals surface area contributed by atoms with Crippen LogP contribution in [0.1, 0.15) is 0 Å². The fourth-order valence-electron chi connectivity index (χ4n) is 13.7. The summed E-state index contributed by atoms with van der Waals surface area (Å²) in [5.41, 5.74) is 21.2. The second kappa shape index (κ2) is 16.4. The smallest absolute Gasteiger partial charge is 0.160 e. The van der Waals surface area contributed by atoms with E-state index in [0.29, 0.717) is 5.82 Å². The predicted molar refractivity (Wildman–Crippen MR) is 332 cm³/mol. The van der Waals surface area contributed by atoms with Crippen LogP contribution in [0.3, 0.4) is 0 Å². The lowest BCUT2D eigenvalue weighted by molar-refractivity contribution is 1.16. The molecule has 0 saturated heterocycles. The zero-order valence-electron chi connectivity index (χ0n) is 43.1. The molecule has 0 spiro atoms. The van der Waals surface area contributed by atoms with Crippen molar-refractivity contribution in [2.24, 2.45) is 0 Å². The maximum absolute atomic E-state index is 5.56. The highest BCUT2D eigenvalue weighted by Crippen LogP contribution is 2.52. The first-order chi connectivity index (χ1) is 39.7. The summed E-state index contributed by atoms with van der Waals surface area (Å²) in [5.74, 6) is 0.693. The lowest BCUT2D eigenvalue weighted by Crippen LogP contribution is -1.99. The molecule has 370 valence electrons. The summed E-state index contributed by atoms with van der Waals surface area (Å²) >= 11 is 0. The number of nitrogens with zero attached hydrogens (tertiary/aromatic N) is 6. The minimum Gasteiger partial charge on any atom is -0.309 e. The number of aromatic nitrogens is 6. The van der Waals surface area contributed by atoms with Gasteiger partial charge in [-0.25, -0.2) is 9.97 Å². The molecule has 0 atom stereocenters. The first-order valence-corrected chi connectivity index (χ1v) is 27.4. The van der Waals surface area contributed by atoms with Crippen LogP contribution in [0.25, 0.3) is 166 Å². The van der Waals surface area contributed by atoms with Gasteiger partial charge in [-0.15, -0.1) is 0 Å². The van der Waals surface area contributed by atoms with E-state index in [2.05, 4.69) is 285 Å². The summed E-state index contributed by atoms with van der Waals surface area (Å²) in [5, 5.41) is 12.2. The monoisotopic (exact) mass is 1020 g/mol. The summed E-state index contributed by atoms with van der Waals surface area (Å²) < 4.78 is 9.66. The van der Waals surface area contributed by atoms with Crippen molar-refractivity contribution in [3.05, 3.63) is 267 Å². The van der Waals surface area contributed by atoms with Gasteiger partial charge in [-0.05, 0) is 109 Å². The van der Waals surface area contributed by atoms with Crippen molar-refractivity contribution in [2.45, 2.75) is 0 Å². The standard InChI is InChI=1S/C74H44N6/c1-2-17-45(18-3-1)72-71-57-39-42-67(80-66-32-15-9-24-55(66)60-44-49(38-41-69(60)80)79-63-29-12-6-21-52(63)53-22-7-13-30-64(53)79)56-25-16-26-58(70(56)57)73(71)76-74(75-72)46-33-35-47(36-34-46)77-65-31-14-8-23-54(65)59-43-48(37-40-68(59)77)78-61-27-10-4-19-50(61)51-20-5-11-28-62(51)78/h1-44H. The highest BCUT2D eigenvalue weighted by molar-refractivity contribution is 6.21. The van der Waals surface area contributed by atoms with E-state index >= 15 is 0 Å². The number of para-hydroxylation sites is 6. The second-order valence-electron chi connectivity index (χ2n) is 21.2. The highest BCUT2D eigenvalue weighted by atomic mass is 15.0. The molecule has 17 aromatic rings. The number of rotatable bonds is 6. The Hall–Kier alpha value is -10.8. The summed E-state index contributed by atoms with van der Waals surface area (Å²) in [6, 6.07) is 97.2. The van der Waals surface area contributed by atoms with Crippen LogP contribution >= 0.6 is 0 Å². The molecule has 0 unspecified atom stereocenters. The molecule has 0 N–H and O–H groups in total. The molecule has 80 heavy (non-hydrogen) atoms. The van der Waals surface area contributed by atoms with Gasteiger partial charge in [0, 0.05) is 93.2 Å². The molecule has 1 aliphatic carbocycles. The van der Waals surface area contributed by atoms with Crippen LogP contribution in [0.4, 0.5) is 0 Å². The molecule has 18 rings (SSSR count). The van der Waals surface area contributed by atoms with Crippen LogP contribution in [-0.4, -0.2) is 28.2 Å². The first-order valence-electron chi connectivity index (χ1n) is 27.4. The molecule has 0 bridgehead atoms. The summed E-state index contributed by atoms with van der Waals surface area (Å²) in [7, 11) is 0. The lowest BCUT2D eigenvalue weighted by Gasteiger charge is -2.14. The van der Waals surface area contributed by atoms with E-state index in [0.717, 1.165) is 78.5 Å². The Kier molecular flexibility index (Phi) is 8.85. The quantitative estimate of drug-likeness (QED) is 0.167. The molecule has 1 aliphatic rings. The van der Waals surface area contributed by atoms with Crippen LogP contribution in [0, 0.1) is 0 Å². The lowest BCUT2D eigenvalue weighted by atomic mass is 9.98. The Morgan fingerprint density at radius 1 is 0.237 bits per heavy atom. The van der Waals surface area contributed by atoms with Crippen LogP contribution < -0.4 is 0 Å². The number of hydrogen-bond acceptors (Lipinski definition) is 2. The van der Waals surface area contributed by atoms with Crippen LogP contribution in [0.5, 0.6) is 0 Å². The molecule has 0 aliphatic heterocycles. The molecule has 5 heterocycles. The topological polar surface area (TPSA) is 45.5 Å². The van der Waals surface area contributed by atoms with Gasteiger partial charge in [0.1, 0.15) is 0 Å². The normalized spacial score (nSPS) is 12.2. The molecule has 0 saturated carbocycles. The van der Waals surface area contributed by atoms with E-state index in [1.165, 1.54) is 81.4 Å². The number of hydrogen-bond donors (Lipinski definition) is 0. The molecule has 0 fully saturated rings. The van der Waals surface area contributed by atoms with Crippen molar-refractivity contribution in [1.82, 2.24) is 28.2 Å². The van der Waals surface area contributed by atoms with Crippen molar-refractivity contribution < 1.29 is 0 Å². The Morgan fingerprint density at radius 2 is 0.637 bits per heavy atom. The zero-order valence-corrected chi connectivity index (χ0v) is 43.1. The zero-order chi connectivity index (χ0) is 52.2. The van der Waals surface area contributed by atoms with Gasteiger partial charge in [0.25, 0.3) is 0 Å². The summed E-state index contributed by atoms with van der Waals surface area (Å²) in [6.07, 6.45) is 0. The second-order valence-corrected chi connectivity index (χ2v) is 21.2. The van der Waals surface area contributed by atoms with Crippen molar-refractivity contribution in [2.75, 3.05) is 0 Å². The predicted octanol–water partition coefficient (Wildman–Crippen LogP) is 19.0. The van der Waals surface area contributed by atoms with Crippen molar-refractivity contribution in [1.29, 1.82) is 0 Å². The van der Waals surface area contributed by atoms with Crippen LogP contribution in [-0.2, 0) is 0 Å². The molecular weight excluding hydrogens is 973 g/mol. The Morgan fingerprint density at radius 3 is 1.16 bits per heavy atom. The minimum absolute atomic E-state index is 0.693. The van der Waals surface area contributed by atoms with E-state index in [1.807, 2.05) is 0 Å². The first kappa shape index (κ1) is 43.3. The van der Waals surface area contributed by atoms with E-state index < -0.39 is 0 Å². The van der Waals surface area contributed by atoms with Crippen molar-refractivity contribution in [3.8, 4) is 67.8 Å². The molecule has 0 amide bonds. The SMILES string of the molecule is c1ccc(-c2nc(-c3ccc(-n4c5ccccc5c5cc(-n6c7ccccc7c7ccccc76)ccc54)cc3)nc3c2-c2ccc(-n4c5ccccc5c5cc(-n6c7ccccc7c7ccccc76)ccc54)c4cccc-3c24)cc1. The van der Waals surface area contributed by atoms with Gasteiger partial charge < -0.3 is 18.3 Å². The third-order valence-corrected chi connectivity index (χ3v) is 17.1. The van der Waals surface area contributed by atoms with Gasteiger partial charge in [-0.1, -0.05) is 164 Å². The van der Waals surface area contributed by atoms with Crippen molar-refractivity contribution in [3.63, 3.8) is 0 Å². The largest absolute Gasteiger partial charge is 0.309 e. The number of benzene rings is 12. The summed E-state index contributed by atoms with van der Waals surface area (Å²) in [6.45, 7) is 0. The summed E-state index contributed by atoms with van der Waals surface area (Å²) in [4.78, 5) is 11.1. The average Bonchev–Trinajstić information content (AvgIpc) is 4.50. The Balaban J connectivity index is 0.772. The van der Waals surface area contributed by atoms with Crippen molar-refractivity contribution >= 4 is 98.0 Å². The molecule has 12 aromatic carbocycles. The van der Waals surface area contributed by atoms with E-state index in [9.17, 15) is 0 Å². The molecule has 6 nitrogen and oxygen atoms in total. The van der Waals surface area contributed by atoms with Crippen LogP contribution in [0.15, 0.2) is 267 Å². The van der Waals surface area contributed by atoms with E-state index in [-0.39, 0.29) is 0 Å². The van der Waals surface area contributed by atoms with Gasteiger partial charge in [0.15, 0.2) is 5.82 Å². The molecule has 0 radical (unpaired) electrons. The molecule has 6 heteroatoms. The maximum Gasteiger partial charge on any atom is 0.160 e. The Bertz CT molecular complexity index is 5370. The van der Waals surface area contributed by atoms with Gasteiger partial charge >= 0.3 is 0 Å². The fraction of sp³-hybridized carbons (Fsp3) is 0. The minimum atomic E-state index is 0.693. The molecular formula is C74H44N6. The third kappa shape index (κ3) is 5.96. The van der Waals surface area contributed by atoms with Crippen LogP contribution in [0.2, 0.25) is 0 Å². The van der Waals surface area contributed by atoms with Gasteiger partial charge in [-0.2, -0.15) is 0 Å². The maximum atomic E-state index is 5.56. The van der Waals surface area contributed by atoms with E-state index in [1.54, 1.807) is 0 Å².